The van der Waals surface area contributed by atoms with Crippen molar-refractivity contribution >= 4 is 16.8 Å². The summed E-state index contributed by atoms with van der Waals surface area (Å²) in [5, 5.41) is 3.86. The number of aromatic nitrogens is 1. The number of para-hydroxylation sites is 1. The molecule has 3 aromatic rings. The molecule has 4 nitrogen and oxygen atoms in total. The minimum Gasteiger partial charge on any atom is -0.374 e. The Morgan fingerprint density at radius 2 is 1.85 bits per heavy atom. The molecule has 1 atom stereocenters. The van der Waals surface area contributed by atoms with Crippen molar-refractivity contribution in [3.63, 3.8) is 0 Å². The Kier molecular flexibility index (Phi) is 5.97. The Morgan fingerprint density at radius 3 is 2.65 bits per heavy atom. The largest absolute Gasteiger partial charge is 0.374 e. The molecular formula is C22H24N2O2. The molecule has 0 saturated heterocycles. The van der Waals surface area contributed by atoms with Crippen molar-refractivity contribution in [2.24, 2.45) is 0 Å². The molecule has 0 aliphatic carbocycles. The summed E-state index contributed by atoms with van der Waals surface area (Å²) in [6.45, 7) is 5.13. The number of benzene rings is 2. The van der Waals surface area contributed by atoms with Crippen LogP contribution in [0, 0.1) is 6.92 Å². The summed E-state index contributed by atoms with van der Waals surface area (Å²) >= 11 is 0. The van der Waals surface area contributed by atoms with Gasteiger partial charge in [0.25, 0.3) is 5.91 Å². The highest BCUT2D eigenvalue weighted by Gasteiger charge is 2.11. The number of carbonyl (C=O) groups is 1. The molecule has 0 radical (unpaired) electrons. The van der Waals surface area contributed by atoms with Crippen molar-refractivity contribution in [3.8, 4) is 0 Å². The van der Waals surface area contributed by atoms with Crippen LogP contribution in [0.5, 0.6) is 0 Å². The molecule has 0 spiro atoms. The maximum absolute atomic E-state index is 12.5. The number of nitrogens with zero attached hydrogens (tertiary/aromatic N) is 1. The van der Waals surface area contributed by atoms with Gasteiger partial charge in [0.05, 0.1) is 17.2 Å². The summed E-state index contributed by atoms with van der Waals surface area (Å²) in [4.78, 5) is 17.0. The van der Waals surface area contributed by atoms with Crippen LogP contribution in [0.4, 0.5) is 0 Å². The van der Waals surface area contributed by atoms with Gasteiger partial charge in [-0.2, -0.15) is 0 Å². The van der Waals surface area contributed by atoms with E-state index in [0.29, 0.717) is 18.7 Å². The third-order valence-corrected chi connectivity index (χ3v) is 4.33. The van der Waals surface area contributed by atoms with E-state index in [-0.39, 0.29) is 12.0 Å². The second kappa shape index (κ2) is 8.59. The van der Waals surface area contributed by atoms with E-state index in [1.807, 2.05) is 62.4 Å². The third-order valence-electron chi connectivity index (χ3n) is 4.33. The van der Waals surface area contributed by atoms with Crippen molar-refractivity contribution in [1.82, 2.24) is 10.3 Å². The molecule has 26 heavy (non-hydrogen) atoms. The first-order valence-electron chi connectivity index (χ1n) is 8.96. The summed E-state index contributed by atoms with van der Waals surface area (Å²) < 4.78 is 5.84. The maximum Gasteiger partial charge on any atom is 0.252 e. The number of hydrogen-bond acceptors (Lipinski definition) is 3. The van der Waals surface area contributed by atoms with Gasteiger partial charge in [-0.05, 0) is 38.0 Å². The van der Waals surface area contributed by atoms with Gasteiger partial charge in [0.1, 0.15) is 0 Å². The lowest BCUT2D eigenvalue weighted by Gasteiger charge is -2.14. The van der Waals surface area contributed by atoms with E-state index in [0.717, 1.165) is 28.6 Å². The molecule has 0 bridgehead atoms. The van der Waals surface area contributed by atoms with Gasteiger partial charge in [0, 0.05) is 24.2 Å². The number of carbonyl (C=O) groups excluding carboxylic acids is 1. The van der Waals surface area contributed by atoms with E-state index >= 15 is 0 Å². The van der Waals surface area contributed by atoms with Crippen LogP contribution in [0.1, 0.15) is 41.1 Å². The molecular weight excluding hydrogens is 324 g/mol. The van der Waals surface area contributed by atoms with E-state index < -0.39 is 0 Å². The van der Waals surface area contributed by atoms with Gasteiger partial charge >= 0.3 is 0 Å². The summed E-state index contributed by atoms with van der Waals surface area (Å²) in [5.74, 6) is -0.0668. The molecule has 0 saturated carbocycles. The zero-order valence-corrected chi connectivity index (χ0v) is 15.2. The van der Waals surface area contributed by atoms with Gasteiger partial charge in [-0.3, -0.25) is 9.78 Å². The number of pyridine rings is 1. The Labute approximate surface area is 154 Å². The van der Waals surface area contributed by atoms with E-state index in [2.05, 4.69) is 22.4 Å². The monoisotopic (exact) mass is 348 g/mol. The van der Waals surface area contributed by atoms with Crippen LogP contribution in [-0.4, -0.2) is 24.0 Å². The number of aryl methyl sites for hydroxylation is 1. The maximum atomic E-state index is 12.5. The molecule has 1 aromatic heterocycles. The average molecular weight is 348 g/mol. The molecule has 0 fully saturated rings. The first-order valence-corrected chi connectivity index (χ1v) is 8.96. The highest BCUT2D eigenvalue weighted by molar-refractivity contribution is 6.06. The van der Waals surface area contributed by atoms with Crippen LogP contribution >= 0.6 is 0 Å². The predicted molar refractivity (Wildman–Crippen MR) is 104 cm³/mol. The number of nitrogens with one attached hydrogen (secondary N) is 1. The van der Waals surface area contributed by atoms with Crippen LogP contribution in [0.15, 0.2) is 60.7 Å². The first-order chi connectivity index (χ1) is 12.6. The van der Waals surface area contributed by atoms with Gasteiger partial charge < -0.3 is 10.1 Å². The lowest BCUT2D eigenvalue weighted by atomic mass is 10.1. The number of amides is 1. The highest BCUT2D eigenvalue weighted by Crippen LogP contribution is 2.18. The fourth-order valence-corrected chi connectivity index (χ4v) is 2.95. The van der Waals surface area contributed by atoms with Gasteiger partial charge in [0.15, 0.2) is 0 Å². The first kappa shape index (κ1) is 18.1. The molecule has 1 N–H and O–H groups in total. The van der Waals surface area contributed by atoms with Crippen molar-refractivity contribution in [2.75, 3.05) is 13.2 Å². The van der Waals surface area contributed by atoms with Crippen LogP contribution in [-0.2, 0) is 4.74 Å². The normalized spacial score (nSPS) is 12.1. The second-order valence-electron chi connectivity index (χ2n) is 6.36. The Bertz CT molecular complexity index is 878. The number of ether oxygens (including phenoxy) is 1. The summed E-state index contributed by atoms with van der Waals surface area (Å²) in [6.07, 6.45) is 0.823. The van der Waals surface area contributed by atoms with E-state index in [9.17, 15) is 4.79 Å². The minimum atomic E-state index is -0.0668. The van der Waals surface area contributed by atoms with Gasteiger partial charge in [-0.1, -0.05) is 48.5 Å². The van der Waals surface area contributed by atoms with Gasteiger partial charge in [-0.15, -0.1) is 0 Å². The van der Waals surface area contributed by atoms with E-state index in [1.165, 1.54) is 0 Å². The smallest absolute Gasteiger partial charge is 0.252 e. The lowest BCUT2D eigenvalue weighted by Crippen LogP contribution is -2.25. The Balaban J connectivity index is 1.51. The highest BCUT2D eigenvalue weighted by atomic mass is 16.5. The van der Waals surface area contributed by atoms with Crippen LogP contribution in [0.3, 0.4) is 0 Å². The fraction of sp³-hybridized carbons (Fsp3) is 0.273. The van der Waals surface area contributed by atoms with Crippen molar-refractivity contribution in [1.29, 1.82) is 0 Å². The van der Waals surface area contributed by atoms with Crippen molar-refractivity contribution in [2.45, 2.75) is 26.4 Å². The zero-order valence-electron chi connectivity index (χ0n) is 15.2. The summed E-state index contributed by atoms with van der Waals surface area (Å²) in [5.41, 5.74) is 3.52. The Morgan fingerprint density at radius 1 is 1.12 bits per heavy atom. The quantitative estimate of drug-likeness (QED) is 0.642. The van der Waals surface area contributed by atoms with Crippen molar-refractivity contribution in [3.05, 3.63) is 77.5 Å². The SMILES string of the molecule is Cc1cc(C(=O)NCCCOC(C)c2ccccc2)c2ccccc2n1. The molecule has 0 aliphatic heterocycles. The lowest BCUT2D eigenvalue weighted by molar-refractivity contribution is 0.0635. The fourth-order valence-electron chi connectivity index (χ4n) is 2.95. The summed E-state index contributed by atoms with van der Waals surface area (Å²) in [7, 11) is 0. The zero-order chi connectivity index (χ0) is 18.4. The average Bonchev–Trinajstić information content (AvgIpc) is 2.67. The molecule has 2 aromatic carbocycles. The second-order valence-corrected chi connectivity index (χ2v) is 6.36. The van der Waals surface area contributed by atoms with Gasteiger partial charge in [-0.25, -0.2) is 0 Å². The van der Waals surface area contributed by atoms with Gasteiger partial charge in [0.2, 0.25) is 0 Å². The number of rotatable bonds is 7. The molecule has 4 heteroatoms. The molecule has 3 rings (SSSR count). The minimum absolute atomic E-state index is 0.0543. The molecule has 0 aliphatic rings. The molecule has 1 amide bonds. The van der Waals surface area contributed by atoms with Crippen LogP contribution in [0.25, 0.3) is 10.9 Å². The van der Waals surface area contributed by atoms with E-state index in [1.54, 1.807) is 0 Å². The number of fused-ring (bicyclic) bond motifs is 1. The molecule has 1 heterocycles. The molecule has 134 valence electrons. The van der Waals surface area contributed by atoms with Crippen LogP contribution in [0.2, 0.25) is 0 Å². The summed E-state index contributed by atoms with van der Waals surface area (Å²) in [6, 6.07) is 19.7. The van der Waals surface area contributed by atoms with Crippen molar-refractivity contribution < 1.29 is 9.53 Å². The predicted octanol–water partition coefficient (Wildman–Crippen LogP) is 4.44. The Hall–Kier alpha value is -2.72. The standard InChI is InChI=1S/C22H24N2O2/c1-16-15-20(19-11-6-7-12-21(19)24-16)22(25)23-13-8-14-26-17(2)18-9-4-3-5-10-18/h3-7,9-12,15,17H,8,13-14H2,1-2H3,(H,23,25). The number of hydrogen-bond donors (Lipinski definition) is 1. The topological polar surface area (TPSA) is 51.2 Å². The molecule has 1 unspecified atom stereocenters. The third kappa shape index (κ3) is 4.46. The van der Waals surface area contributed by atoms with E-state index in [4.69, 9.17) is 4.74 Å². The van der Waals surface area contributed by atoms with Crippen LogP contribution < -0.4 is 5.32 Å².